The average molecular weight is 547 g/mol. The van der Waals surface area contributed by atoms with Gasteiger partial charge in [0.2, 0.25) is 5.91 Å². The molecule has 1 aliphatic heterocycles. The van der Waals surface area contributed by atoms with Gasteiger partial charge >= 0.3 is 12.1 Å². The van der Waals surface area contributed by atoms with Crippen LogP contribution in [-0.4, -0.2) is 73.3 Å². The molecule has 1 rings (SSSR count). The monoisotopic (exact) mass is 546 g/mol. The van der Waals surface area contributed by atoms with E-state index in [0.29, 0.717) is 13.2 Å². The summed E-state index contributed by atoms with van der Waals surface area (Å²) in [6, 6.07) is -0.238. The van der Waals surface area contributed by atoms with Crippen molar-refractivity contribution in [2.24, 2.45) is 11.8 Å². The standard InChI is InChI=1S/C27H50N2O7S/c1-19-20(2)24(29-21(3)30)25(35-23(19)18-34-22(4)31)33-15-12-10-8-9-11-13-16-37-17-14-28-26(32)36-27(5,6)7/h19-20,23-25H,8-18H2,1-7H3,(H,28,32)(H,29,30)/t19-,20+,23?,24?,25-/m1/s1. The summed E-state index contributed by atoms with van der Waals surface area (Å²) in [5.41, 5.74) is -0.463. The Morgan fingerprint density at radius 3 is 2.19 bits per heavy atom. The first-order valence-corrected chi connectivity index (χ1v) is 14.8. The summed E-state index contributed by atoms with van der Waals surface area (Å²) in [5, 5.41) is 5.76. The summed E-state index contributed by atoms with van der Waals surface area (Å²) in [5.74, 6) is 1.76. The highest BCUT2D eigenvalue weighted by molar-refractivity contribution is 7.99. The Kier molecular flexibility index (Phi) is 16.2. The van der Waals surface area contributed by atoms with E-state index >= 15 is 0 Å². The SMILES string of the molecule is CC(=O)NC1[C@H](OCCCCCCCCSCCNC(=O)OC(C)(C)C)OC(COC(C)=O)[C@H](C)[C@@H]1C. The molecule has 1 heterocycles. The quantitative estimate of drug-likeness (QED) is 0.212. The molecule has 0 saturated carbocycles. The van der Waals surface area contributed by atoms with Gasteiger partial charge in [0.05, 0.1) is 12.1 Å². The summed E-state index contributed by atoms with van der Waals surface area (Å²) in [6.07, 6.45) is 5.52. The van der Waals surface area contributed by atoms with Crippen LogP contribution in [0.15, 0.2) is 0 Å². The van der Waals surface area contributed by atoms with Crippen molar-refractivity contribution in [1.29, 1.82) is 0 Å². The summed E-state index contributed by atoms with van der Waals surface area (Å²) in [7, 11) is 0. The van der Waals surface area contributed by atoms with Crippen LogP contribution in [0.4, 0.5) is 4.79 Å². The largest absolute Gasteiger partial charge is 0.463 e. The average Bonchev–Trinajstić information content (AvgIpc) is 2.78. The zero-order chi connectivity index (χ0) is 27.8. The zero-order valence-electron chi connectivity index (χ0n) is 23.9. The van der Waals surface area contributed by atoms with Crippen molar-refractivity contribution < 1.29 is 33.3 Å². The van der Waals surface area contributed by atoms with Crippen LogP contribution in [-0.2, 0) is 28.5 Å². The molecule has 1 saturated heterocycles. The molecule has 0 aromatic rings. The van der Waals surface area contributed by atoms with Gasteiger partial charge in [0.25, 0.3) is 0 Å². The van der Waals surface area contributed by atoms with E-state index in [4.69, 9.17) is 18.9 Å². The van der Waals surface area contributed by atoms with Crippen molar-refractivity contribution in [3.63, 3.8) is 0 Å². The van der Waals surface area contributed by atoms with E-state index in [1.54, 1.807) is 0 Å². The molecule has 0 aromatic carbocycles. The van der Waals surface area contributed by atoms with E-state index in [9.17, 15) is 14.4 Å². The van der Waals surface area contributed by atoms with Crippen molar-refractivity contribution >= 4 is 29.7 Å². The van der Waals surface area contributed by atoms with Crippen LogP contribution < -0.4 is 10.6 Å². The number of hydrogen-bond acceptors (Lipinski definition) is 8. The van der Waals surface area contributed by atoms with E-state index < -0.39 is 11.9 Å². The molecule has 0 bridgehead atoms. The second kappa shape index (κ2) is 17.9. The van der Waals surface area contributed by atoms with Gasteiger partial charge in [-0.25, -0.2) is 4.79 Å². The third kappa shape index (κ3) is 15.5. The molecule has 1 fully saturated rings. The molecule has 2 N–H and O–H groups in total. The Labute approximate surface area is 227 Å². The molecule has 2 unspecified atom stereocenters. The van der Waals surface area contributed by atoms with E-state index in [1.807, 2.05) is 39.5 Å². The van der Waals surface area contributed by atoms with Gasteiger partial charge in [0.1, 0.15) is 12.2 Å². The van der Waals surface area contributed by atoms with Gasteiger partial charge in [0, 0.05) is 32.8 Å². The third-order valence-electron chi connectivity index (χ3n) is 6.28. The number of unbranched alkanes of at least 4 members (excludes halogenated alkanes) is 5. The van der Waals surface area contributed by atoms with Crippen LogP contribution in [0.3, 0.4) is 0 Å². The fraction of sp³-hybridized carbons (Fsp3) is 0.889. The van der Waals surface area contributed by atoms with Crippen LogP contribution in [0.1, 0.15) is 87.0 Å². The minimum Gasteiger partial charge on any atom is -0.463 e. The molecular formula is C27H50N2O7S. The summed E-state index contributed by atoms with van der Waals surface area (Å²) >= 11 is 1.85. The Morgan fingerprint density at radius 1 is 0.919 bits per heavy atom. The second-order valence-corrected chi connectivity index (χ2v) is 12.0. The van der Waals surface area contributed by atoms with Crippen LogP contribution in [0, 0.1) is 11.8 Å². The highest BCUT2D eigenvalue weighted by Crippen LogP contribution is 2.32. The van der Waals surface area contributed by atoms with Gasteiger partial charge in [-0.3, -0.25) is 9.59 Å². The molecular weight excluding hydrogens is 496 g/mol. The van der Waals surface area contributed by atoms with Crippen molar-refractivity contribution in [2.45, 2.75) is 111 Å². The van der Waals surface area contributed by atoms with Crippen molar-refractivity contribution in [1.82, 2.24) is 10.6 Å². The highest BCUT2D eigenvalue weighted by Gasteiger charge is 2.42. The van der Waals surface area contributed by atoms with E-state index in [-0.39, 0.29) is 48.6 Å². The van der Waals surface area contributed by atoms with Crippen molar-refractivity contribution in [3.8, 4) is 0 Å². The van der Waals surface area contributed by atoms with Crippen LogP contribution in [0.2, 0.25) is 0 Å². The lowest BCUT2D eigenvalue weighted by atomic mass is 9.82. The highest BCUT2D eigenvalue weighted by atomic mass is 32.2. The van der Waals surface area contributed by atoms with Crippen molar-refractivity contribution in [3.05, 3.63) is 0 Å². The van der Waals surface area contributed by atoms with Crippen LogP contribution in [0.25, 0.3) is 0 Å². The van der Waals surface area contributed by atoms with E-state index in [1.165, 1.54) is 33.1 Å². The van der Waals surface area contributed by atoms with E-state index in [0.717, 1.165) is 30.8 Å². The van der Waals surface area contributed by atoms with Gasteiger partial charge in [0.15, 0.2) is 6.29 Å². The predicted molar refractivity (Wildman–Crippen MR) is 146 cm³/mol. The smallest absolute Gasteiger partial charge is 0.407 e. The van der Waals surface area contributed by atoms with Crippen LogP contribution in [0.5, 0.6) is 0 Å². The topological polar surface area (TPSA) is 112 Å². The lowest BCUT2D eigenvalue weighted by Gasteiger charge is -2.44. The van der Waals surface area contributed by atoms with Gasteiger partial charge in [-0.1, -0.05) is 39.5 Å². The molecule has 10 heteroatoms. The number of carbonyl (C=O) groups is 3. The molecule has 2 amide bonds. The molecule has 0 spiro atoms. The maximum atomic E-state index is 11.7. The van der Waals surface area contributed by atoms with Crippen molar-refractivity contribution in [2.75, 3.05) is 31.3 Å². The number of carbonyl (C=O) groups excluding carboxylic acids is 3. The molecule has 1 aliphatic rings. The number of esters is 1. The Bertz CT molecular complexity index is 684. The molecule has 0 aromatic heterocycles. The number of ether oxygens (including phenoxy) is 4. The number of nitrogens with one attached hydrogen (secondary N) is 2. The summed E-state index contributed by atoms with van der Waals surface area (Å²) in [4.78, 5) is 34.6. The second-order valence-electron chi connectivity index (χ2n) is 10.8. The Balaban J connectivity index is 2.17. The lowest BCUT2D eigenvalue weighted by Crippen LogP contribution is -2.58. The number of hydrogen-bond donors (Lipinski definition) is 2. The summed E-state index contributed by atoms with van der Waals surface area (Å²) in [6.45, 7) is 13.9. The Hall–Kier alpha value is -1.52. The zero-order valence-corrected chi connectivity index (χ0v) is 24.7. The molecule has 0 aliphatic carbocycles. The predicted octanol–water partition coefficient (Wildman–Crippen LogP) is 4.67. The van der Waals surface area contributed by atoms with Gasteiger partial charge in [-0.15, -0.1) is 0 Å². The first-order valence-electron chi connectivity index (χ1n) is 13.6. The minimum atomic E-state index is -0.558. The minimum absolute atomic E-state index is 0.107. The molecule has 5 atom stereocenters. The lowest BCUT2D eigenvalue weighted by molar-refractivity contribution is -0.244. The summed E-state index contributed by atoms with van der Waals surface area (Å²) < 4.78 is 22.6. The molecule has 9 nitrogen and oxygen atoms in total. The van der Waals surface area contributed by atoms with Gasteiger partial charge in [-0.2, -0.15) is 11.8 Å². The maximum Gasteiger partial charge on any atom is 0.407 e. The van der Waals surface area contributed by atoms with E-state index in [2.05, 4.69) is 17.6 Å². The first kappa shape index (κ1) is 33.5. The van der Waals surface area contributed by atoms with Gasteiger partial charge < -0.3 is 29.6 Å². The number of rotatable bonds is 16. The molecule has 37 heavy (non-hydrogen) atoms. The Morgan fingerprint density at radius 2 is 1.57 bits per heavy atom. The van der Waals surface area contributed by atoms with Gasteiger partial charge in [-0.05, 0) is 51.2 Å². The third-order valence-corrected chi connectivity index (χ3v) is 7.36. The maximum absolute atomic E-state index is 11.7. The number of amides is 2. The number of thioether (sulfide) groups is 1. The first-order chi connectivity index (χ1) is 17.4. The normalized spacial score (nSPS) is 23.8. The van der Waals surface area contributed by atoms with Crippen LogP contribution >= 0.6 is 11.8 Å². The fourth-order valence-electron chi connectivity index (χ4n) is 4.12. The number of alkyl carbamates (subject to hydrolysis) is 1. The molecule has 0 radical (unpaired) electrons. The fourth-order valence-corrected chi connectivity index (χ4v) is 4.98. The molecule has 216 valence electrons.